The van der Waals surface area contributed by atoms with E-state index in [1.807, 2.05) is 0 Å². The molecule has 3 N–H and O–H groups in total. The normalized spacial score (nSPS) is 15.6. The van der Waals surface area contributed by atoms with Crippen molar-refractivity contribution in [1.82, 2.24) is 10.3 Å². The highest BCUT2D eigenvalue weighted by Crippen LogP contribution is 2.30. The summed E-state index contributed by atoms with van der Waals surface area (Å²) in [6.45, 7) is 0.222. The van der Waals surface area contributed by atoms with Gasteiger partial charge in [-0.3, -0.25) is 4.79 Å². The summed E-state index contributed by atoms with van der Waals surface area (Å²) in [6.07, 6.45) is 3.94. The first kappa shape index (κ1) is 15.4. The van der Waals surface area contributed by atoms with Gasteiger partial charge in [0.1, 0.15) is 11.6 Å². The summed E-state index contributed by atoms with van der Waals surface area (Å²) in [5.74, 6) is -0.349. The van der Waals surface area contributed by atoms with E-state index in [1.165, 1.54) is 12.1 Å². The zero-order valence-corrected chi connectivity index (χ0v) is 12.6. The fourth-order valence-electron chi connectivity index (χ4n) is 2.49. The van der Waals surface area contributed by atoms with E-state index in [0.29, 0.717) is 29.9 Å². The maximum absolute atomic E-state index is 13.3. The van der Waals surface area contributed by atoms with Gasteiger partial charge in [0, 0.05) is 18.4 Å². The molecule has 0 bridgehead atoms. The van der Waals surface area contributed by atoms with Crippen LogP contribution in [0.1, 0.15) is 29.6 Å². The van der Waals surface area contributed by atoms with Crippen molar-refractivity contribution in [2.45, 2.75) is 24.9 Å². The van der Waals surface area contributed by atoms with Gasteiger partial charge in [-0.2, -0.15) is 0 Å². The van der Waals surface area contributed by atoms with Crippen molar-refractivity contribution in [2.75, 3.05) is 11.9 Å². The Labute approximate surface area is 133 Å². The van der Waals surface area contributed by atoms with Crippen molar-refractivity contribution in [2.24, 2.45) is 0 Å². The number of hydrogen-bond donors (Lipinski definition) is 3. The van der Waals surface area contributed by atoms with Gasteiger partial charge in [0.25, 0.3) is 5.91 Å². The van der Waals surface area contributed by atoms with E-state index < -0.39 is 5.60 Å². The molecular weight excluding hydrogens is 297 g/mol. The van der Waals surface area contributed by atoms with Crippen LogP contribution in [-0.4, -0.2) is 28.1 Å². The van der Waals surface area contributed by atoms with Crippen LogP contribution in [0.25, 0.3) is 0 Å². The number of aliphatic hydroxyl groups is 1. The Kier molecular flexibility index (Phi) is 4.25. The maximum Gasteiger partial charge on any atom is 0.255 e. The van der Waals surface area contributed by atoms with Crippen LogP contribution in [0.3, 0.4) is 0 Å². The highest BCUT2D eigenvalue weighted by molar-refractivity contribution is 5.99. The van der Waals surface area contributed by atoms with Gasteiger partial charge in [-0.05, 0) is 49.6 Å². The summed E-state index contributed by atoms with van der Waals surface area (Å²) in [7, 11) is 0. The summed E-state index contributed by atoms with van der Waals surface area (Å²) in [5, 5.41) is 15.7. The number of carbonyl (C=O) groups is 1. The quantitative estimate of drug-likeness (QED) is 0.793. The zero-order valence-electron chi connectivity index (χ0n) is 12.6. The number of aromatic nitrogens is 1. The van der Waals surface area contributed by atoms with E-state index in [-0.39, 0.29) is 18.3 Å². The number of carbonyl (C=O) groups excluding carboxylic acids is 1. The Morgan fingerprint density at radius 2 is 2.13 bits per heavy atom. The van der Waals surface area contributed by atoms with Crippen molar-refractivity contribution < 1.29 is 14.3 Å². The lowest BCUT2D eigenvalue weighted by Gasteiger charge is -2.36. The Hall–Kier alpha value is -2.47. The third-order valence-electron chi connectivity index (χ3n) is 4.00. The molecule has 6 heteroatoms. The van der Waals surface area contributed by atoms with Crippen LogP contribution in [0.2, 0.25) is 0 Å². The van der Waals surface area contributed by atoms with Crippen molar-refractivity contribution in [3.8, 4) is 0 Å². The molecule has 1 saturated carbocycles. The number of benzene rings is 1. The summed E-state index contributed by atoms with van der Waals surface area (Å²) in [6, 6.07) is 9.23. The van der Waals surface area contributed by atoms with Crippen LogP contribution in [0.4, 0.5) is 15.9 Å². The van der Waals surface area contributed by atoms with Gasteiger partial charge in [-0.1, -0.05) is 6.07 Å². The van der Waals surface area contributed by atoms with Gasteiger partial charge in [-0.15, -0.1) is 0 Å². The number of nitrogens with zero attached hydrogens (tertiary/aromatic N) is 1. The maximum atomic E-state index is 13.3. The molecule has 1 aromatic carbocycles. The lowest BCUT2D eigenvalue weighted by Crippen LogP contribution is -2.47. The molecule has 2 aromatic rings. The van der Waals surface area contributed by atoms with Gasteiger partial charge < -0.3 is 15.7 Å². The van der Waals surface area contributed by atoms with Gasteiger partial charge >= 0.3 is 0 Å². The van der Waals surface area contributed by atoms with Gasteiger partial charge in [0.2, 0.25) is 0 Å². The summed E-state index contributed by atoms with van der Waals surface area (Å²) >= 11 is 0. The molecule has 23 heavy (non-hydrogen) atoms. The molecule has 0 radical (unpaired) electrons. The molecule has 1 aliphatic rings. The average molecular weight is 315 g/mol. The first-order valence-electron chi connectivity index (χ1n) is 7.54. The van der Waals surface area contributed by atoms with Gasteiger partial charge in [0.05, 0.1) is 11.2 Å². The molecular formula is C17H18FN3O2. The lowest BCUT2D eigenvalue weighted by atomic mass is 9.80. The smallest absolute Gasteiger partial charge is 0.255 e. The minimum atomic E-state index is -0.784. The molecule has 1 amide bonds. The number of anilines is 2. The third kappa shape index (κ3) is 3.65. The van der Waals surface area contributed by atoms with Crippen LogP contribution >= 0.6 is 0 Å². The fourth-order valence-corrected chi connectivity index (χ4v) is 2.49. The molecule has 1 aliphatic carbocycles. The standard InChI is InChI=1S/C17H18FN3O2/c18-12-4-1-5-13(10-12)21-15-14(6-2-9-19-15)16(22)20-11-17(23)7-3-8-17/h1-2,4-6,9-10,23H,3,7-8,11H2,(H,19,21)(H,20,22). The molecule has 120 valence electrons. The first-order valence-corrected chi connectivity index (χ1v) is 7.54. The van der Waals surface area contributed by atoms with E-state index in [2.05, 4.69) is 15.6 Å². The Bertz CT molecular complexity index is 716. The lowest BCUT2D eigenvalue weighted by molar-refractivity contribution is -0.0300. The molecule has 0 aliphatic heterocycles. The number of nitrogens with one attached hydrogen (secondary N) is 2. The van der Waals surface area contributed by atoms with Crippen molar-refractivity contribution >= 4 is 17.4 Å². The number of pyridine rings is 1. The molecule has 3 rings (SSSR count). The molecule has 0 spiro atoms. The summed E-state index contributed by atoms with van der Waals surface area (Å²) < 4.78 is 13.3. The Balaban J connectivity index is 1.73. The number of rotatable bonds is 5. The monoisotopic (exact) mass is 315 g/mol. The second kappa shape index (κ2) is 6.34. The second-order valence-electron chi connectivity index (χ2n) is 5.80. The predicted octanol–water partition coefficient (Wildman–Crippen LogP) is 2.61. The Morgan fingerprint density at radius 1 is 1.30 bits per heavy atom. The molecule has 1 fully saturated rings. The van der Waals surface area contributed by atoms with Crippen LogP contribution in [0.15, 0.2) is 42.6 Å². The van der Waals surface area contributed by atoms with Crippen molar-refractivity contribution in [1.29, 1.82) is 0 Å². The molecule has 0 unspecified atom stereocenters. The predicted molar refractivity (Wildman–Crippen MR) is 85.1 cm³/mol. The zero-order chi connectivity index (χ0) is 16.3. The molecule has 0 saturated heterocycles. The summed E-state index contributed by atoms with van der Waals surface area (Å²) in [4.78, 5) is 16.5. The molecule has 1 aromatic heterocycles. The Morgan fingerprint density at radius 3 is 2.83 bits per heavy atom. The van der Waals surface area contributed by atoms with Crippen LogP contribution in [0, 0.1) is 5.82 Å². The van der Waals surface area contributed by atoms with Crippen LogP contribution < -0.4 is 10.6 Å². The first-order chi connectivity index (χ1) is 11.1. The van der Waals surface area contributed by atoms with Gasteiger partial charge in [-0.25, -0.2) is 9.37 Å². The number of halogens is 1. The van der Waals surface area contributed by atoms with Gasteiger partial charge in [0.15, 0.2) is 0 Å². The van der Waals surface area contributed by atoms with Crippen molar-refractivity contribution in [3.63, 3.8) is 0 Å². The fraction of sp³-hybridized carbons (Fsp3) is 0.294. The largest absolute Gasteiger partial charge is 0.388 e. The topological polar surface area (TPSA) is 74.2 Å². The number of amides is 1. The number of hydrogen-bond acceptors (Lipinski definition) is 4. The van der Waals surface area contributed by atoms with E-state index in [0.717, 1.165) is 6.42 Å². The third-order valence-corrected chi connectivity index (χ3v) is 4.00. The second-order valence-corrected chi connectivity index (χ2v) is 5.80. The van der Waals surface area contributed by atoms with E-state index >= 15 is 0 Å². The van der Waals surface area contributed by atoms with E-state index in [4.69, 9.17) is 0 Å². The van der Waals surface area contributed by atoms with E-state index in [1.54, 1.807) is 30.5 Å². The minimum Gasteiger partial charge on any atom is -0.388 e. The minimum absolute atomic E-state index is 0.222. The van der Waals surface area contributed by atoms with E-state index in [9.17, 15) is 14.3 Å². The molecule has 1 heterocycles. The van der Waals surface area contributed by atoms with Crippen LogP contribution in [-0.2, 0) is 0 Å². The van der Waals surface area contributed by atoms with Crippen LogP contribution in [0.5, 0.6) is 0 Å². The summed E-state index contributed by atoms with van der Waals surface area (Å²) in [5.41, 5.74) is 0.0728. The molecule has 0 atom stereocenters. The molecule has 5 nitrogen and oxygen atoms in total. The van der Waals surface area contributed by atoms with Crippen molar-refractivity contribution in [3.05, 3.63) is 54.0 Å². The highest BCUT2D eigenvalue weighted by atomic mass is 19.1. The highest BCUT2D eigenvalue weighted by Gasteiger charge is 2.34. The SMILES string of the molecule is O=C(NCC1(O)CCC1)c1cccnc1Nc1cccc(F)c1. The average Bonchev–Trinajstić information content (AvgIpc) is 2.51.